The number of sulfonamides is 1. The molecule has 44 heavy (non-hydrogen) atoms. The molecule has 244 valence electrons. The molecule has 9 nitrogen and oxygen atoms in total. The van der Waals surface area contributed by atoms with E-state index in [9.17, 15) is 22.4 Å². The smallest absolute Gasteiger partial charge is 0.308 e. The monoisotopic (exact) mass is 649 g/mol. The molecule has 2 rings (SSSR count). The van der Waals surface area contributed by atoms with E-state index in [2.05, 4.69) is 43.8 Å². The van der Waals surface area contributed by atoms with Crippen LogP contribution in [0.1, 0.15) is 84.4 Å². The average molecular weight is 650 g/mol. The number of hydrogen-bond acceptors (Lipinski definition) is 8. The number of anilines is 1. The number of aromatic nitrogens is 2. The molecule has 0 aliphatic carbocycles. The normalized spacial score (nSPS) is 13.4. The van der Waals surface area contributed by atoms with Crippen LogP contribution in [0.15, 0.2) is 30.3 Å². The largest absolute Gasteiger partial charge is 0.466 e. The van der Waals surface area contributed by atoms with Crippen LogP contribution in [0.5, 0.6) is 0 Å². The highest BCUT2D eigenvalue weighted by atomic mass is 32.2. The third-order valence-corrected chi connectivity index (χ3v) is 13.4. The van der Waals surface area contributed by atoms with Gasteiger partial charge in [-0.1, -0.05) is 48.0 Å². The molecule has 0 N–H and O–H groups in total. The summed E-state index contributed by atoms with van der Waals surface area (Å²) in [6.45, 7) is 16.5. The van der Waals surface area contributed by atoms with Gasteiger partial charge in [-0.2, -0.15) is 0 Å². The van der Waals surface area contributed by atoms with Crippen LogP contribution in [0.2, 0.25) is 18.1 Å². The van der Waals surface area contributed by atoms with Crippen molar-refractivity contribution in [3.8, 4) is 11.3 Å². The van der Waals surface area contributed by atoms with Gasteiger partial charge in [-0.05, 0) is 66.9 Å². The Bertz CT molecular complexity index is 1440. The highest BCUT2D eigenvalue weighted by molar-refractivity contribution is 7.92. The van der Waals surface area contributed by atoms with Gasteiger partial charge in [0, 0.05) is 24.6 Å². The first-order valence-corrected chi connectivity index (χ1v) is 19.7. The van der Waals surface area contributed by atoms with E-state index in [-0.39, 0.29) is 35.5 Å². The van der Waals surface area contributed by atoms with Gasteiger partial charge in [-0.3, -0.25) is 9.59 Å². The Morgan fingerprint density at radius 3 is 2.23 bits per heavy atom. The van der Waals surface area contributed by atoms with Crippen molar-refractivity contribution < 1.29 is 31.6 Å². The van der Waals surface area contributed by atoms with Crippen LogP contribution < -0.4 is 4.31 Å². The van der Waals surface area contributed by atoms with E-state index in [1.165, 1.54) is 25.3 Å². The molecule has 0 fully saturated rings. The summed E-state index contributed by atoms with van der Waals surface area (Å²) >= 11 is 0. The zero-order valence-electron chi connectivity index (χ0n) is 27.7. The second kappa shape index (κ2) is 15.4. The molecule has 0 amide bonds. The Morgan fingerprint density at radius 2 is 1.70 bits per heavy atom. The molecule has 1 aromatic heterocycles. The van der Waals surface area contributed by atoms with Gasteiger partial charge in [0.1, 0.15) is 5.82 Å². The number of unbranched alkanes of at least 4 members (excludes halogenated alkanes) is 1. The van der Waals surface area contributed by atoms with Crippen molar-refractivity contribution in [1.29, 1.82) is 0 Å². The molecule has 1 heterocycles. The Balaban J connectivity index is 2.54. The fraction of sp³-hybridized carbons (Fsp3) is 0.562. The zero-order chi connectivity index (χ0) is 33.5. The Hall–Kier alpha value is -2.96. The van der Waals surface area contributed by atoms with Crippen molar-refractivity contribution in [2.75, 3.05) is 24.2 Å². The topological polar surface area (TPSA) is 116 Å². The minimum absolute atomic E-state index is 0.0372. The van der Waals surface area contributed by atoms with E-state index in [4.69, 9.17) is 9.16 Å². The second-order valence-corrected chi connectivity index (χ2v) is 19.6. The van der Waals surface area contributed by atoms with Crippen LogP contribution >= 0.6 is 0 Å². The van der Waals surface area contributed by atoms with Crippen molar-refractivity contribution in [3.63, 3.8) is 0 Å². The molecule has 0 saturated carbocycles. The molecule has 0 aliphatic rings. The Labute approximate surface area is 263 Å². The number of esters is 1. The average Bonchev–Trinajstić information content (AvgIpc) is 2.90. The molecule has 1 aromatic carbocycles. The molecule has 0 spiro atoms. The zero-order valence-corrected chi connectivity index (χ0v) is 29.5. The lowest BCUT2D eigenvalue weighted by Gasteiger charge is -2.39. The molecule has 1 atom stereocenters. The minimum atomic E-state index is -3.67. The van der Waals surface area contributed by atoms with Crippen molar-refractivity contribution in [1.82, 2.24) is 9.97 Å². The maximum absolute atomic E-state index is 13.8. The van der Waals surface area contributed by atoms with Crippen molar-refractivity contribution >= 4 is 42.1 Å². The lowest BCUT2D eigenvalue weighted by atomic mass is 9.97. The number of allylic oxidation sites excluding steroid dienone is 1. The van der Waals surface area contributed by atoms with E-state index < -0.39 is 36.2 Å². The molecule has 0 saturated heterocycles. The van der Waals surface area contributed by atoms with Gasteiger partial charge < -0.3 is 9.16 Å². The predicted molar refractivity (Wildman–Crippen MR) is 176 cm³/mol. The van der Waals surface area contributed by atoms with Gasteiger partial charge in [0.15, 0.2) is 14.1 Å². The summed E-state index contributed by atoms with van der Waals surface area (Å²) < 4.78 is 51.3. The van der Waals surface area contributed by atoms with E-state index in [0.717, 1.165) is 23.4 Å². The number of nitrogens with zero attached hydrogens (tertiary/aromatic N) is 3. The van der Waals surface area contributed by atoms with Crippen molar-refractivity contribution in [2.45, 2.75) is 97.4 Å². The number of rotatable bonds is 15. The van der Waals surface area contributed by atoms with Crippen LogP contribution in [0, 0.1) is 5.82 Å². The van der Waals surface area contributed by atoms with E-state index in [1.54, 1.807) is 18.2 Å². The fourth-order valence-corrected chi connectivity index (χ4v) is 5.72. The summed E-state index contributed by atoms with van der Waals surface area (Å²) in [6.07, 6.45) is 4.98. The standard InChI is InChI=1S/C32H48FN3O6SSi/c1-11-12-19-41-28(38)21-26(42-44(9,10)32(4,5)6)20-25(37)17-18-27-29(22(2)3)34-31(36(7)43(8,39)40)35-30(27)23-13-15-24(33)16-14-23/h13-18,22,26H,11-12,19-21H2,1-10H3/t26-/m1/s1. The molecule has 12 heteroatoms. The van der Waals surface area contributed by atoms with Crippen LogP contribution in [0.3, 0.4) is 0 Å². The maximum Gasteiger partial charge on any atom is 0.308 e. The summed E-state index contributed by atoms with van der Waals surface area (Å²) in [5.74, 6) is -1.32. The third kappa shape index (κ3) is 10.6. The van der Waals surface area contributed by atoms with Crippen molar-refractivity contribution in [2.24, 2.45) is 0 Å². The predicted octanol–water partition coefficient (Wildman–Crippen LogP) is 6.90. The molecule has 0 unspecified atom stereocenters. The maximum atomic E-state index is 13.8. The highest BCUT2D eigenvalue weighted by Gasteiger charge is 2.40. The SMILES string of the molecule is CCCCOC(=O)C[C@@H](CC(=O)C=Cc1c(-c2ccc(F)cc2)nc(N(C)S(C)(=O)=O)nc1C(C)C)O[Si](C)(C)C(C)(C)C. The number of ketones is 1. The second-order valence-electron chi connectivity index (χ2n) is 12.8. The van der Waals surface area contributed by atoms with E-state index in [0.29, 0.717) is 29.1 Å². The van der Waals surface area contributed by atoms with Gasteiger partial charge in [0.2, 0.25) is 16.0 Å². The molecule has 2 aromatic rings. The first kappa shape index (κ1) is 37.2. The summed E-state index contributed by atoms with van der Waals surface area (Å²) in [6, 6.07) is 5.65. The summed E-state index contributed by atoms with van der Waals surface area (Å²) in [4.78, 5) is 35.1. The highest BCUT2D eigenvalue weighted by Crippen LogP contribution is 2.38. The van der Waals surface area contributed by atoms with Crippen molar-refractivity contribution in [3.05, 3.63) is 47.4 Å². The number of benzene rings is 1. The Kier molecular flexibility index (Phi) is 13.0. The number of halogens is 1. The van der Waals surface area contributed by atoms with Gasteiger partial charge >= 0.3 is 5.97 Å². The first-order valence-electron chi connectivity index (χ1n) is 14.9. The molecule has 0 bridgehead atoms. The van der Waals surface area contributed by atoms with Crippen LogP contribution in [0.25, 0.3) is 17.3 Å². The van der Waals surface area contributed by atoms with Gasteiger partial charge in [-0.15, -0.1) is 0 Å². The molecular weight excluding hydrogens is 602 g/mol. The van der Waals surface area contributed by atoms with Crippen LogP contribution in [-0.2, 0) is 28.8 Å². The van der Waals surface area contributed by atoms with Gasteiger partial charge in [-0.25, -0.2) is 27.1 Å². The van der Waals surface area contributed by atoms with Gasteiger partial charge in [0.05, 0.1) is 36.8 Å². The number of ether oxygens (including phenoxy) is 1. The first-order chi connectivity index (χ1) is 20.3. The lowest BCUT2D eigenvalue weighted by molar-refractivity contribution is -0.145. The molecular formula is C32H48FN3O6SSi. The lowest BCUT2D eigenvalue weighted by Crippen LogP contribution is -2.45. The summed E-state index contributed by atoms with van der Waals surface area (Å²) in [7, 11) is -4.64. The van der Waals surface area contributed by atoms with Crippen LogP contribution in [0.4, 0.5) is 10.3 Å². The fourth-order valence-electron chi connectivity index (χ4n) is 3.99. The number of hydrogen-bond donors (Lipinski definition) is 0. The Morgan fingerprint density at radius 1 is 1.09 bits per heavy atom. The van der Waals surface area contributed by atoms with E-state index in [1.807, 2.05) is 20.8 Å². The number of carbonyl (C=O) groups excluding carboxylic acids is 2. The third-order valence-electron chi connectivity index (χ3n) is 7.69. The summed E-state index contributed by atoms with van der Waals surface area (Å²) in [5, 5.41) is -0.134. The quantitative estimate of drug-likeness (QED) is 0.0886. The van der Waals surface area contributed by atoms with Gasteiger partial charge in [0.25, 0.3) is 0 Å². The molecule has 0 radical (unpaired) electrons. The summed E-state index contributed by atoms with van der Waals surface area (Å²) in [5.41, 5.74) is 1.90. The molecule has 0 aliphatic heterocycles. The number of carbonyl (C=O) groups is 2. The minimum Gasteiger partial charge on any atom is -0.466 e. The van der Waals surface area contributed by atoms with E-state index >= 15 is 0 Å². The van der Waals surface area contributed by atoms with Crippen LogP contribution in [-0.4, -0.2) is 64.5 Å².